The normalized spacial score (nSPS) is 34.9. The summed E-state index contributed by atoms with van der Waals surface area (Å²) in [5.41, 5.74) is 6.10. The molecule has 3 aliphatic rings. The third-order valence-electron chi connectivity index (χ3n) is 8.02. The fourth-order valence-corrected chi connectivity index (χ4v) is 5.60. The molecule has 2 saturated heterocycles. The van der Waals surface area contributed by atoms with E-state index in [1.807, 2.05) is 5.01 Å². The zero-order chi connectivity index (χ0) is 37.6. The second-order valence-corrected chi connectivity index (χ2v) is 13.9. The SMILES string of the molecule is CS(=O)(=O)NC[C@H]1O[C@H](OCCC2CN(CCOCCOCCOCCOCCC(=O)OC3C(F)C(F)C(F)C(F)C3F)NN2)[C@@H](O)[C@@H](O)[C@@H]1O. The van der Waals surface area contributed by atoms with Crippen LogP contribution in [0, 0.1) is 0 Å². The Hall–Kier alpha value is -1.45. The number of halogens is 5. The molecule has 10 atom stereocenters. The largest absolute Gasteiger partial charge is 0.456 e. The fourth-order valence-electron chi connectivity index (χ4n) is 5.13. The van der Waals surface area contributed by atoms with Gasteiger partial charge in [0.1, 0.15) is 24.4 Å². The molecule has 6 N–H and O–H groups in total. The summed E-state index contributed by atoms with van der Waals surface area (Å²) < 4.78 is 129. The Labute approximate surface area is 292 Å². The van der Waals surface area contributed by atoms with E-state index in [0.717, 1.165) is 6.26 Å². The maximum Gasteiger partial charge on any atom is 0.308 e. The molecule has 3 rings (SSSR count). The Morgan fingerprint density at radius 2 is 1.35 bits per heavy atom. The van der Waals surface area contributed by atoms with E-state index in [-0.39, 0.29) is 52.2 Å². The molecule has 1 saturated carbocycles. The molecule has 2 aliphatic heterocycles. The van der Waals surface area contributed by atoms with Crippen molar-refractivity contribution >= 4 is 16.0 Å². The van der Waals surface area contributed by atoms with Gasteiger partial charge in [-0.25, -0.2) is 45.5 Å². The molecule has 5 unspecified atom stereocenters. The van der Waals surface area contributed by atoms with Gasteiger partial charge in [-0.3, -0.25) is 4.79 Å². The Kier molecular flexibility index (Phi) is 19.0. The minimum atomic E-state index is -3.57. The van der Waals surface area contributed by atoms with Gasteiger partial charge in [0, 0.05) is 25.7 Å². The Morgan fingerprint density at radius 3 is 1.94 bits per heavy atom. The number of carbonyl (C=O) groups excluding carboxylic acids is 1. The van der Waals surface area contributed by atoms with Gasteiger partial charge in [-0.1, -0.05) is 0 Å². The van der Waals surface area contributed by atoms with E-state index in [1.165, 1.54) is 0 Å². The number of aliphatic hydroxyl groups excluding tert-OH is 3. The summed E-state index contributed by atoms with van der Waals surface area (Å²) in [5.74, 6) is -1.14. The van der Waals surface area contributed by atoms with Gasteiger partial charge in [-0.2, -0.15) is 5.53 Å². The number of hydrogen-bond donors (Lipinski definition) is 6. The van der Waals surface area contributed by atoms with E-state index >= 15 is 0 Å². The van der Waals surface area contributed by atoms with Crippen molar-refractivity contribution in [2.45, 2.75) is 86.6 Å². The lowest BCUT2D eigenvalue weighted by atomic mass is 9.89. The molecule has 0 spiro atoms. The van der Waals surface area contributed by atoms with Crippen LogP contribution in [0.2, 0.25) is 0 Å². The predicted octanol–water partition coefficient (Wildman–Crippen LogP) is -2.48. The quantitative estimate of drug-likeness (QED) is 0.0360. The lowest BCUT2D eigenvalue weighted by Crippen LogP contribution is -2.60. The molecule has 23 heteroatoms. The van der Waals surface area contributed by atoms with E-state index in [2.05, 4.69) is 20.4 Å². The van der Waals surface area contributed by atoms with Gasteiger partial charge in [-0.05, 0) is 6.42 Å². The summed E-state index contributed by atoms with van der Waals surface area (Å²) in [4.78, 5) is 11.7. The molecule has 1 aliphatic carbocycles. The van der Waals surface area contributed by atoms with Crippen LogP contribution in [0.4, 0.5) is 22.0 Å². The smallest absolute Gasteiger partial charge is 0.308 e. The topological polar surface area (TPSA) is 216 Å². The van der Waals surface area contributed by atoms with Crippen molar-refractivity contribution in [1.29, 1.82) is 0 Å². The zero-order valence-electron chi connectivity index (χ0n) is 28.0. The van der Waals surface area contributed by atoms with Gasteiger partial charge in [0.25, 0.3) is 0 Å². The summed E-state index contributed by atoms with van der Waals surface area (Å²) in [5, 5.41) is 32.3. The Balaban J connectivity index is 1.11. The lowest BCUT2D eigenvalue weighted by Gasteiger charge is -2.40. The van der Waals surface area contributed by atoms with E-state index in [9.17, 15) is 50.5 Å². The van der Waals surface area contributed by atoms with Crippen LogP contribution in [-0.2, 0) is 48.0 Å². The minimum absolute atomic E-state index is 0.0251. The van der Waals surface area contributed by atoms with Crippen molar-refractivity contribution in [3.05, 3.63) is 0 Å². The van der Waals surface area contributed by atoms with Crippen molar-refractivity contribution in [2.75, 3.05) is 85.4 Å². The first-order valence-corrected chi connectivity index (χ1v) is 18.3. The fraction of sp³-hybridized carbons (Fsp3) is 0.964. The first-order valence-electron chi connectivity index (χ1n) is 16.4. The van der Waals surface area contributed by atoms with Gasteiger partial charge in [0.15, 0.2) is 43.3 Å². The van der Waals surface area contributed by atoms with Crippen LogP contribution in [0.15, 0.2) is 0 Å². The highest BCUT2D eigenvalue weighted by Gasteiger charge is 2.55. The molecule has 300 valence electrons. The van der Waals surface area contributed by atoms with Crippen molar-refractivity contribution in [3.63, 3.8) is 0 Å². The Morgan fingerprint density at radius 1 is 0.804 bits per heavy atom. The zero-order valence-corrected chi connectivity index (χ0v) is 28.8. The summed E-state index contributed by atoms with van der Waals surface area (Å²) in [7, 11) is -3.57. The van der Waals surface area contributed by atoms with Crippen molar-refractivity contribution in [1.82, 2.24) is 20.7 Å². The standard InChI is InChI=1S/C28H49F5N4O13S/c1-51(42,43)34-14-17-24(39)25(40)26(41)28(49-17)48-6-2-16-15-37(36-35-16)4-7-45-9-11-47-13-12-46-10-8-44-5-3-18(38)50-27-22(32)20(30)19(29)21(31)23(27)33/h16-17,19-28,34-36,39-41H,2-15H2,1H3/t16?,17-,19?,20?,21?,22?,23?,24-,25+,26+,27?,28+/m1/s1. The molecule has 17 nitrogen and oxygen atoms in total. The highest BCUT2D eigenvalue weighted by atomic mass is 32.2. The van der Waals surface area contributed by atoms with E-state index < -0.39 is 90.1 Å². The van der Waals surface area contributed by atoms with Crippen molar-refractivity contribution < 1.29 is 83.6 Å². The molecule has 3 fully saturated rings. The van der Waals surface area contributed by atoms with Crippen molar-refractivity contribution in [3.8, 4) is 0 Å². The Bertz CT molecular complexity index is 1110. The molecule has 2 heterocycles. The first kappa shape index (κ1) is 44.0. The second kappa shape index (κ2) is 22.1. The minimum Gasteiger partial charge on any atom is -0.456 e. The highest BCUT2D eigenvalue weighted by molar-refractivity contribution is 7.88. The molecule has 0 aromatic carbocycles. The second-order valence-electron chi connectivity index (χ2n) is 12.1. The summed E-state index contributed by atoms with van der Waals surface area (Å²) >= 11 is 0. The summed E-state index contributed by atoms with van der Waals surface area (Å²) in [6.07, 6.45) is -22.8. The van der Waals surface area contributed by atoms with Crippen LogP contribution in [-0.4, -0.2) is 194 Å². The van der Waals surface area contributed by atoms with Gasteiger partial charge in [0.2, 0.25) is 10.0 Å². The molecule has 0 radical (unpaired) electrons. The van der Waals surface area contributed by atoms with E-state index in [0.29, 0.717) is 39.3 Å². The van der Waals surface area contributed by atoms with Crippen LogP contribution in [0.5, 0.6) is 0 Å². The van der Waals surface area contributed by atoms with Gasteiger partial charge in [0.05, 0.1) is 72.1 Å². The van der Waals surface area contributed by atoms with E-state index in [4.69, 9.17) is 28.4 Å². The molecule has 0 aromatic heterocycles. The molecule has 51 heavy (non-hydrogen) atoms. The van der Waals surface area contributed by atoms with Crippen LogP contribution >= 0.6 is 0 Å². The molecule has 0 bridgehead atoms. The number of hydrazine groups is 2. The monoisotopic (exact) mass is 776 g/mol. The van der Waals surface area contributed by atoms with Crippen molar-refractivity contribution in [2.24, 2.45) is 0 Å². The number of sulfonamides is 1. The van der Waals surface area contributed by atoms with Crippen LogP contribution in [0.3, 0.4) is 0 Å². The summed E-state index contributed by atoms with van der Waals surface area (Å²) in [6.45, 7) is 2.60. The molecular weight excluding hydrogens is 727 g/mol. The van der Waals surface area contributed by atoms with Crippen LogP contribution < -0.4 is 15.7 Å². The highest BCUT2D eigenvalue weighted by Crippen LogP contribution is 2.33. The number of alkyl halides is 5. The first-order chi connectivity index (χ1) is 24.2. The number of hydrogen-bond acceptors (Lipinski definition) is 16. The number of esters is 1. The third-order valence-corrected chi connectivity index (χ3v) is 8.71. The van der Waals surface area contributed by atoms with Gasteiger partial charge >= 0.3 is 5.97 Å². The average Bonchev–Trinajstić information content (AvgIpc) is 3.55. The number of nitrogens with zero attached hydrogens (tertiary/aromatic N) is 1. The van der Waals surface area contributed by atoms with Gasteiger partial charge < -0.3 is 48.5 Å². The van der Waals surface area contributed by atoms with Crippen LogP contribution in [0.1, 0.15) is 12.8 Å². The van der Waals surface area contributed by atoms with Crippen LogP contribution in [0.25, 0.3) is 0 Å². The number of rotatable bonds is 23. The molecule has 0 amide bonds. The summed E-state index contributed by atoms with van der Waals surface area (Å²) in [6, 6.07) is -0.0251. The number of aliphatic hydroxyl groups is 3. The van der Waals surface area contributed by atoms with Gasteiger partial charge in [-0.15, -0.1) is 0 Å². The lowest BCUT2D eigenvalue weighted by molar-refractivity contribution is -0.295. The number of carbonyl (C=O) groups is 1. The average molecular weight is 777 g/mol. The third kappa shape index (κ3) is 14.7. The predicted molar refractivity (Wildman–Crippen MR) is 164 cm³/mol. The maximum absolute atomic E-state index is 13.8. The number of ether oxygens (including phenoxy) is 7. The molecule has 0 aromatic rings. The molecular formula is C28H49F5N4O13S. The number of nitrogens with one attached hydrogen (secondary N) is 3. The maximum atomic E-state index is 13.8. The van der Waals surface area contributed by atoms with E-state index in [1.54, 1.807) is 0 Å².